The van der Waals surface area contributed by atoms with Gasteiger partial charge in [-0.2, -0.15) is 0 Å². The predicted octanol–water partition coefficient (Wildman–Crippen LogP) is 6.47. The molecule has 1 aliphatic rings. The molecule has 2 heterocycles. The van der Waals surface area contributed by atoms with Gasteiger partial charge in [0.05, 0.1) is 10.4 Å². The lowest BCUT2D eigenvalue weighted by molar-refractivity contribution is 0.0928. The van der Waals surface area contributed by atoms with Crippen molar-refractivity contribution in [2.75, 3.05) is 7.05 Å². The maximum atomic E-state index is 13.3. The van der Waals surface area contributed by atoms with Crippen LogP contribution in [0.25, 0.3) is 26.7 Å². The molecule has 3 aromatic carbocycles. The summed E-state index contributed by atoms with van der Waals surface area (Å²) in [7, 11) is 1.61. The number of aryl methyl sites for hydroxylation is 1. The molecule has 0 saturated heterocycles. The van der Waals surface area contributed by atoms with Gasteiger partial charge in [-0.15, -0.1) is 0 Å². The van der Waals surface area contributed by atoms with Crippen LogP contribution in [0.15, 0.2) is 79.0 Å². The van der Waals surface area contributed by atoms with Crippen molar-refractivity contribution in [2.45, 2.75) is 25.3 Å². The highest BCUT2D eigenvalue weighted by Crippen LogP contribution is 2.45. The summed E-state index contributed by atoms with van der Waals surface area (Å²) in [6, 6.07) is 23.2. The zero-order valence-electron chi connectivity index (χ0n) is 20.9. The molecule has 5 aromatic rings. The van der Waals surface area contributed by atoms with E-state index in [0.717, 1.165) is 40.0 Å². The van der Waals surface area contributed by atoms with Crippen molar-refractivity contribution in [1.29, 1.82) is 0 Å². The van der Waals surface area contributed by atoms with Crippen molar-refractivity contribution in [3.63, 3.8) is 0 Å². The first-order valence-corrected chi connectivity index (χ1v) is 13.6. The third-order valence-corrected chi connectivity index (χ3v) is 8.35. The molecular formula is C30H25ClN4O2S. The van der Waals surface area contributed by atoms with Gasteiger partial charge < -0.3 is 10.6 Å². The summed E-state index contributed by atoms with van der Waals surface area (Å²) >= 11 is 7.55. The van der Waals surface area contributed by atoms with E-state index in [-0.39, 0.29) is 17.4 Å². The quantitative estimate of drug-likeness (QED) is 0.259. The summed E-state index contributed by atoms with van der Waals surface area (Å²) in [5, 5.41) is 6.62. The number of carbonyl (C=O) groups excluding carboxylic acids is 2. The molecule has 0 atom stereocenters. The van der Waals surface area contributed by atoms with Crippen LogP contribution in [-0.2, 0) is 5.54 Å². The molecule has 6 rings (SSSR count). The maximum Gasteiger partial charge on any atom is 0.270 e. The molecule has 2 amide bonds. The zero-order chi connectivity index (χ0) is 26.4. The van der Waals surface area contributed by atoms with Crippen molar-refractivity contribution < 1.29 is 9.59 Å². The van der Waals surface area contributed by atoms with Crippen LogP contribution in [0, 0.1) is 6.92 Å². The number of hydrogen-bond donors (Lipinski definition) is 2. The third kappa shape index (κ3) is 4.27. The molecule has 0 aliphatic heterocycles. The van der Waals surface area contributed by atoms with Crippen molar-refractivity contribution in [3.8, 4) is 21.7 Å². The number of imidazole rings is 1. The van der Waals surface area contributed by atoms with Gasteiger partial charge >= 0.3 is 0 Å². The van der Waals surface area contributed by atoms with E-state index in [1.807, 2.05) is 66.1 Å². The highest BCUT2D eigenvalue weighted by Gasteiger charge is 2.45. The van der Waals surface area contributed by atoms with Gasteiger partial charge in [-0.25, -0.2) is 4.98 Å². The van der Waals surface area contributed by atoms with Gasteiger partial charge in [-0.3, -0.25) is 14.0 Å². The summed E-state index contributed by atoms with van der Waals surface area (Å²) in [6.45, 7) is 2.02. The molecule has 1 fully saturated rings. The van der Waals surface area contributed by atoms with Gasteiger partial charge in [-0.05, 0) is 60.7 Å². The molecule has 6 nitrogen and oxygen atoms in total. The second kappa shape index (κ2) is 9.42. The minimum atomic E-state index is -0.284. The molecule has 0 spiro atoms. The lowest BCUT2D eigenvalue weighted by Crippen LogP contribution is -2.34. The number of fused-ring (bicyclic) bond motifs is 1. The summed E-state index contributed by atoms with van der Waals surface area (Å²) in [4.78, 5) is 32.7. The molecule has 190 valence electrons. The molecule has 1 aliphatic carbocycles. The Morgan fingerprint density at radius 3 is 2.42 bits per heavy atom. The summed E-state index contributed by atoms with van der Waals surface area (Å²) < 4.78 is 1.82. The first-order chi connectivity index (χ1) is 18.4. The van der Waals surface area contributed by atoms with E-state index < -0.39 is 0 Å². The van der Waals surface area contributed by atoms with Gasteiger partial charge in [0.25, 0.3) is 11.8 Å². The summed E-state index contributed by atoms with van der Waals surface area (Å²) in [6.07, 6.45) is 3.79. The molecule has 2 aromatic heterocycles. The number of hydrogen-bond acceptors (Lipinski definition) is 4. The standard InChI is InChI=1S/C30H25ClN4O2S/c1-18-8-9-20(27(36)34-30(14-15-30)21-6-4-3-5-7-21)16-23(18)24-17-35-26(28(37)32-2)25(33-29(35)38-24)19-10-12-22(31)13-11-19/h3-13,16-17H,14-15H2,1-2H3,(H,32,37)(H,34,36). The average molecular weight is 541 g/mol. The zero-order valence-corrected chi connectivity index (χ0v) is 22.5. The Bertz CT molecular complexity index is 1690. The van der Waals surface area contributed by atoms with Crippen LogP contribution >= 0.6 is 22.9 Å². The molecule has 8 heteroatoms. The van der Waals surface area contributed by atoms with Gasteiger partial charge in [0, 0.05) is 29.4 Å². The Morgan fingerprint density at radius 2 is 1.74 bits per heavy atom. The lowest BCUT2D eigenvalue weighted by Gasteiger charge is -2.18. The minimum Gasteiger partial charge on any atom is -0.354 e. The van der Waals surface area contributed by atoms with Gasteiger partial charge in [0.2, 0.25) is 0 Å². The normalized spacial score (nSPS) is 13.9. The Hall–Kier alpha value is -3.94. The monoisotopic (exact) mass is 540 g/mol. The average Bonchev–Trinajstić information content (AvgIpc) is 3.46. The molecule has 0 bridgehead atoms. The van der Waals surface area contributed by atoms with Crippen LogP contribution in [0.3, 0.4) is 0 Å². The number of aromatic nitrogens is 2. The smallest absolute Gasteiger partial charge is 0.270 e. The second-order valence-electron chi connectivity index (χ2n) is 9.57. The SMILES string of the molecule is CNC(=O)c1c(-c2ccc(Cl)cc2)nc2sc(-c3cc(C(=O)NC4(c5ccccc5)CC4)ccc3C)cn12. The topological polar surface area (TPSA) is 75.5 Å². The number of halogens is 1. The highest BCUT2D eigenvalue weighted by molar-refractivity contribution is 7.20. The van der Waals surface area contributed by atoms with E-state index >= 15 is 0 Å². The van der Waals surface area contributed by atoms with E-state index in [0.29, 0.717) is 26.9 Å². The fraction of sp³-hybridized carbons (Fsp3) is 0.167. The molecule has 1 saturated carbocycles. The molecule has 0 radical (unpaired) electrons. The van der Waals surface area contributed by atoms with Crippen LogP contribution in [0.5, 0.6) is 0 Å². The number of carbonyl (C=O) groups is 2. The van der Waals surface area contributed by atoms with Gasteiger partial charge in [0.15, 0.2) is 4.96 Å². The number of benzene rings is 3. The molecule has 0 unspecified atom stereocenters. The van der Waals surface area contributed by atoms with Crippen LogP contribution in [-0.4, -0.2) is 28.2 Å². The van der Waals surface area contributed by atoms with E-state index in [4.69, 9.17) is 16.6 Å². The molecule has 2 N–H and O–H groups in total. The number of nitrogens with one attached hydrogen (secondary N) is 2. The van der Waals surface area contributed by atoms with E-state index in [2.05, 4.69) is 22.8 Å². The second-order valence-corrected chi connectivity index (χ2v) is 11.0. The number of thiazole rings is 1. The van der Waals surface area contributed by atoms with Crippen molar-refractivity contribution in [3.05, 3.63) is 106 Å². The highest BCUT2D eigenvalue weighted by atomic mass is 35.5. The van der Waals surface area contributed by atoms with E-state index in [1.54, 1.807) is 19.2 Å². The first-order valence-electron chi connectivity index (χ1n) is 12.4. The number of amides is 2. The van der Waals surface area contributed by atoms with Gasteiger partial charge in [-0.1, -0.05) is 71.5 Å². The number of nitrogens with zero attached hydrogens (tertiary/aromatic N) is 2. The van der Waals surface area contributed by atoms with E-state index in [1.165, 1.54) is 11.3 Å². The van der Waals surface area contributed by atoms with Crippen molar-refractivity contribution >= 4 is 39.7 Å². The minimum absolute atomic E-state index is 0.0926. The first kappa shape index (κ1) is 24.4. The molecule has 38 heavy (non-hydrogen) atoms. The summed E-state index contributed by atoms with van der Waals surface area (Å²) in [5.41, 5.74) is 5.30. The Morgan fingerprint density at radius 1 is 1.00 bits per heavy atom. The Kier molecular flexibility index (Phi) is 6.05. The van der Waals surface area contributed by atoms with Crippen molar-refractivity contribution in [1.82, 2.24) is 20.0 Å². The Balaban J connectivity index is 1.36. The predicted molar refractivity (Wildman–Crippen MR) is 152 cm³/mol. The van der Waals surface area contributed by atoms with Crippen LogP contribution < -0.4 is 10.6 Å². The number of rotatable bonds is 6. The third-order valence-electron chi connectivity index (χ3n) is 7.08. The summed E-state index contributed by atoms with van der Waals surface area (Å²) in [5.74, 6) is -0.322. The fourth-order valence-corrected chi connectivity index (χ4v) is 5.99. The van der Waals surface area contributed by atoms with Crippen molar-refractivity contribution in [2.24, 2.45) is 0 Å². The van der Waals surface area contributed by atoms with Crippen LogP contribution in [0.4, 0.5) is 0 Å². The maximum absolute atomic E-state index is 13.3. The van der Waals surface area contributed by atoms with Crippen LogP contribution in [0.1, 0.15) is 44.8 Å². The van der Waals surface area contributed by atoms with Gasteiger partial charge in [0.1, 0.15) is 11.4 Å². The lowest BCUT2D eigenvalue weighted by atomic mass is 10.0. The molecular weight excluding hydrogens is 516 g/mol. The fourth-order valence-electron chi connectivity index (χ4n) is 4.80. The largest absolute Gasteiger partial charge is 0.354 e. The van der Waals surface area contributed by atoms with Crippen LogP contribution in [0.2, 0.25) is 5.02 Å². The van der Waals surface area contributed by atoms with E-state index in [9.17, 15) is 9.59 Å². The Labute approximate surface area is 229 Å².